The van der Waals surface area contributed by atoms with E-state index in [0.717, 1.165) is 10.9 Å². The molecule has 0 radical (unpaired) electrons. The van der Waals surface area contributed by atoms with E-state index in [-0.39, 0.29) is 20.9 Å². The third-order valence-electron chi connectivity index (χ3n) is 3.36. The van der Waals surface area contributed by atoms with Crippen molar-refractivity contribution in [1.82, 2.24) is 10.3 Å². The summed E-state index contributed by atoms with van der Waals surface area (Å²) < 4.78 is 2.38. The van der Waals surface area contributed by atoms with Crippen molar-refractivity contribution >= 4 is 40.7 Å². The van der Waals surface area contributed by atoms with E-state index in [9.17, 15) is 4.79 Å². The van der Waals surface area contributed by atoms with Crippen molar-refractivity contribution in [3.05, 3.63) is 59.8 Å². The first kappa shape index (κ1) is 14.4. The molecule has 5 heteroatoms. The number of carbonyl (C=O) groups is 1. The third kappa shape index (κ3) is 2.62. The second-order valence-corrected chi connectivity index (χ2v) is 7.04. The molecule has 0 aliphatic rings. The Balaban J connectivity index is 1.98. The van der Waals surface area contributed by atoms with Gasteiger partial charge in [-0.15, -0.1) is 0 Å². The van der Waals surface area contributed by atoms with Crippen molar-refractivity contribution in [2.45, 2.75) is 0 Å². The molecule has 0 spiro atoms. The van der Waals surface area contributed by atoms with Crippen LogP contribution in [0.2, 0.25) is 0 Å². The average molecular weight is 354 g/mol. The number of nitrogens with zero attached hydrogens (tertiary/aromatic N) is 1. The Morgan fingerprint density at radius 1 is 1.23 bits per heavy atom. The first-order chi connectivity index (χ1) is 10.7. The van der Waals surface area contributed by atoms with E-state index in [1.807, 2.05) is 48.7 Å². The zero-order valence-corrected chi connectivity index (χ0v) is 13.6. The van der Waals surface area contributed by atoms with E-state index in [2.05, 4.69) is 16.4 Å². The van der Waals surface area contributed by atoms with Gasteiger partial charge in [0.15, 0.2) is 0 Å². The second kappa shape index (κ2) is 6.07. The van der Waals surface area contributed by atoms with E-state index < -0.39 is 0 Å². The van der Waals surface area contributed by atoms with E-state index in [0.29, 0.717) is 11.1 Å². The van der Waals surface area contributed by atoms with Gasteiger partial charge in [-0.1, -0.05) is 0 Å². The predicted octanol–water partition coefficient (Wildman–Crippen LogP) is 1.05. The Morgan fingerprint density at radius 2 is 2.00 bits per heavy atom. The van der Waals surface area contributed by atoms with Gasteiger partial charge in [0.2, 0.25) is 0 Å². The summed E-state index contributed by atoms with van der Waals surface area (Å²) in [5.41, 5.74) is 2.19. The van der Waals surface area contributed by atoms with Gasteiger partial charge in [-0.2, -0.15) is 0 Å². The number of carbonyl (C=O) groups excluding carboxylic acids is 1. The Morgan fingerprint density at radius 3 is 2.68 bits per heavy atom. The second-order valence-electron chi connectivity index (χ2n) is 4.70. The van der Waals surface area contributed by atoms with Crippen molar-refractivity contribution in [2.24, 2.45) is 0 Å². The summed E-state index contributed by atoms with van der Waals surface area (Å²) in [6.07, 6.45) is 1.97. The summed E-state index contributed by atoms with van der Waals surface area (Å²) in [5, 5.41) is 12.6. The topological polar surface area (TPSA) is 68.7 Å². The molecule has 0 unspecified atom stereocenters. The molecular formula is C17H13N3OSe. The Bertz CT molecular complexity index is 875. The normalized spacial score (nSPS) is 10.4. The van der Waals surface area contributed by atoms with E-state index in [4.69, 9.17) is 5.26 Å². The maximum absolute atomic E-state index is 11.9. The molecular weight excluding hydrogens is 341 g/mol. The summed E-state index contributed by atoms with van der Waals surface area (Å²) >= 11 is 0.119. The van der Waals surface area contributed by atoms with Crippen LogP contribution in [-0.2, 0) is 0 Å². The van der Waals surface area contributed by atoms with Crippen molar-refractivity contribution in [2.75, 3.05) is 7.05 Å². The molecule has 0 saturated heterocycles. The summed E-state index contributed by atoms with van der Waals surface area (Å²) in [4.78, 5) is 15.1. The van der Waals surface area contributed by atoms with Crippen molar-refractivity contribution in [3.63, 3.8) is 0 Å². The first-order valence-electron chi connectivity index (χ1n) is 6.73. The fraction of sp³-hybridized carbons (Fsp3) is 0.0588. The number of para-hydroxylation sites is 1. The number of nitriles is 1. The van der Waals surface area contributed by atoms with Gasteiger partial charge in [-0.05, 0) is 0 Å². The van der Waals surface area contributed by atoms with E-state index in [1.165, 1.54) is 8.92 Å². The molecule has 2 aromatic carbocycles. The van der Waals surface area contributed by atoms with Crippen LogP contribution in [0.25, 0.3) is 10.9 Å². The number of aromatic nitrogens is 1. The van der Waals surface area contributed by atoms with Gasteiger partial charge >= 0.3 is 134 Å². The molecule has 0 aliphatic carbocycles. The minimum absolute atomic E-state index is 0.0927. The van der Waals surface area contributed by atoms with Crippen molar-refractivity contribution in [3.8, 4) is 6.07 Å². The molecule has 1 aromatic heterocycles. The van der Waals surface area contributed by atoms with Crippen LogP contribution in [0.3, 0.4) is 0 Å². The van der Waals surface area contributed by atoms with Gasteiger partial charge in [-0.3, -0.25) is 0 Å². The number of fused-ring (bicyclic) bond motifs is 1. The third-order valence-corrected chi connectivity index (χ3v) is 5.60. The molecule has 0 saturated carbocycles. The number of hydrogen-bond acceptors (Lipinski definition) is 2. The number of rotatable bonds is 3. The zero-order valence-electron chi connectivity index (χ0n) is 11.9. The van der Waals surface area contributed by atoms with Gasteiger partial charge in [0.05, 0.1) is 0 Å². The summed E-state index contributed by atoms with van der Waals surface area (Å²) in [7, 11) is 1.63. The van der Waals surface area contributed by atoms with Crippen molar-refractivity contribution in [1.29, 1.82) is 5.26 Å². The summed E-state index contributed by atoms with van der Waals surface area (Å²) in [5.74, 6) is -0.0927. The van der Waals surface area contributed by atoms with Gasteiger partial charge in [0, 0.05) is 0 Å². The van der Waals surface area contributed by atoms with E-state index >= 15 is 0 Å². The summed E-state index contributed by atoms with van der Waals surface area (Å²) in [6.45, 7) is 0. The number of hydrogen-bond donors (Lipinski definition) is 2. The SMILES string of the molecule is CNC(=O)c1cccc2c([Se]c3ccc(C#N)cc3)c[nH]c12. The number of benzene rings is 2. The Labute approximate surface area is 134 Å². The minimum atomic E-state index is -0.0927. The Kier molecular flexibility index (Phi) is 3.97. The molecule has 0 bridgehead atoms. The Hall–Kier alpha value is -2.54. The van der Waals surface area contributed by atoms with Crippen LogP contribution in [0.15, 0.2) is 48.7 Å². The van der Waals surface area contributed by atoms with Crippen LogP contribution in [0, 0.1) is 11.3 Å². The molecule has 3 rings (SSSR count). The average Bonchev–Trinajstić information content (AvgIpc) is 2.98. The monoisotopic (exact) mass is 355 g/mol. The van der Waals surface area contributed by atoms with Crippen LogP contribution in [0.1, 0.15) is 15.9 Å². The molecule has 108 valence electrons. The van der Waals surface area contributed by atoms with Crippen LogP contribution in [-0.4, -0.2) is 32.9 Å². The molecule has 0 aliphatic heterocycles. The van der Waals surface area contributed by atoms with Crippen LogP contribution >= 0.6 is 0 Å². The molecule has 1 heterocycles. The molecule has 2 N–H and O–H groups in total. The van der Waals surface area contributed by atoms with Crippen LogP contribution in [0.4, 0.5) is 0 Å². The van der Waals surface area contributed by atoms with Gasteiger partial charge in [-0.25, -0.2) is 0 Å². The maximum atomic E-state index is 11.9. The number of nitrogens with one attached hydrogen (secondary N) is 2. The zero-order chi connectivity index (χ0) is 15.5. The fourth-order valence-corrected chi connectivity index (χ4v) is 4.20. The fourth-order valence-electron chi connectivity index (χ4n) is 2.26. The van der Waals surface area contributed by atoms with Crippen LogP contribution in [0.5, 0.6) is 0 Å². The van der Waals surface area contributed by atoms with Gasteiger partial charge < -0.3 is 0 Å². The first-order valence-corrected chi connectivity index (χ1v) is 8.44. The molecule has 1 amide bonds. The molecule has 3 aromatic rings. The predicted molar refractivity (Wildman–Crippen MR) is 87.9 cm³/mol. The number of aromatic amines is 1. The van der Waals surface area contributed by atoms with Crippen LogP contribution < -0.4 is 14.2 Å². The molecule has 4 nitrogen and oxygen atoms in total. The number of amides is 1. The van der Waals surface area contributed by atoms with Crippen molar-refractivity contribution < 1.29 is 4.79 Å². The van der Waals surface area contributed by atoms with E-state index in [1.54, 1.807) is 7.05 Å². The molecule has 0 atom stereocenters. The molecule has 22 heavy (non-hydrogen) atoms. The molecule has 0 fully saturated rings. The number of H-pyrrole nitrogens is 1. The van der Waals surface area contributed by atoms with Gasteiger partial charge in [0.1, 0.15) is 0 Å². The quantitative estimate of drug-likeness (QED) is 0.691. The summed E-state index contributed by atoms with van der Waals surface area (Å²) in [6, 6.07) is 15.5. The van der Waals surface area contributed by atoms with Gasteiger partial charge in [0.25, 0.3) is 0 Å². The standard InChI is InChI=1S/C17H13N3OSe/c1-19-17(21)14-4-2-3-13-15(10-20-16(13)14)22-12-7-5-11(9-18)6-8-12/h2-8,10,20H,1H3,(H,19,21).